The highest BCUT2D eigenvalue weighted by molar-refractivity contribution is 9.09. The van der Waals surface area contributed by atoms with Crippen LogP contribution in [0, 0.1) is 0 Å². The first-order valence-electron chi connectivity index (χ1n) is 3.84. The molecule has 0 N–H and O–H groups in total. The number of alkyl halides is 1. The van der Waals surface area contributed by atoms with E-state index in [1.165, 1.54) is 0 Å². The van der Waals surface area contributed by atoms with Crippen molar-refractivity contribution in [3.05, 3.63) is 36.2 Å². The second kappa shape index (κ2) is 3.30. The minimum absolute atomic E-state index is 0.0751. The van der Waals surface area contributed by atoms with E-state index >= 15 is 0 Å². The Labute approximate surface area is 83.5 Å². The molecular weight excluding hydrogens is 232 g/mol. The van der Waals surface area contributed by atoms with Crippen molar-refractivity contribution < 1.29 is 4.79 Å². The van der Waals surface area contributed by atoms with Gasteiger partial charge in [-0.25, -0.2) is 4.52 Å². The molecule has 0 unspecified atom stereocenters. The van der Waals surface area contributed by atoms with Crippen molar-refractivity contribution in [2.24, 2.45) is 0 Å². The zero-order chi connectivity index (χ0) is 9.26. The van der Waals surface area contributed by atoms with Gasteiger partial charge in [0.05, 0.1) is 17.0 Å². The summed E-state index contributed by atoms with van der Waals surface area (Å²) in [6.07, 6.45) is 3.50. The lowest BCUT2D eigenvalue weighted by atomic mass is 10.1. The molecule has 4 heteroatoms. The van der Waals surface area contributed by atoms with Gasteiger partial charge in [-0.3, -0.25) is 4.79 Å². The molecule has 0 aliphatic carbocycles. The van der Waals surface area contributed by atoms with E-state index in [4.69, 9.17) is 0 Å². The third-order valence-electron chi connectivity index (χ3n) is 1.86. The van der Waals surface area contributed by atoms with Gasteiger partial charge in [0.2, 0.25) is 0 Å². The van der Waals surface area contributed by atoms with Crippen LogP contribution in [0.15, 0.2) is 30.6 Å². The number of pyridine rings is 1. The quantitative estimate of drug-likeness (QED) is 0.592. The van der Waals surface area contributed by atoms with Crippen LogP contribution in [0.25, 0.3) is 5.52 Å². The number of hydrogen-bond donors (Lipinski definition) is 0. The molecule has 2 rings (SSSR count). The van der Waals surface area contributed by atoms with Crippen LogP contribution < -0.4 is 0 Å². The maximum absolute atomic E-state index is 11.4. The van der Waals surface area contributed by atoms with Crippen LogP contribution in [0.5, 0.6) is 0 Å². The minimum Gasteiger partial charge on any atom is -0.293 e. The van der Waals surface area contributed by atoms with E-state index in [0.717, 1.165) is 5.52 Å². The number of hydrogen-bond acceptors (Lipinski definition) is 2. The monoisotopic (exact) mass is 238 g/mol. The SMILES string of the molecule is O=C(CBr)c1cccn2nccc12. The molecule has 0 spiro atoms. The first-order valence-corrected chi connectivity index (χ1v) is 4.96. The number of nitrogens with zero attached hydrogens (tertiary/aromatic N) is 2. The normalized spacial score (nSPS) is 10.5. The van der Waals surface area contributed by atoms with Crippen LogP contribution in [0.1, 0.15) is 10.4 Å². The summed E-state index contributed by atoms with van der Waals surface area (Å²) in [6, 6.07) is 5.45. The van der Waals surface area contributed by atoms with Crippen LogP contribution in [-0.2, 0) is 0 Å². The molecule has 0 radical (unpaired) electrons. The van der Waals surface area contributed by atoms with Crippen LogP contribution in [0.4, 0.5) is 0 Å². The lowest BCUT2D eigenvalue weighted by Crippen LogP contribution is -2.02. The standard InChI is InChI=1S/C9H7BrN2O/c10-6-9(13)7-2-1-5-12-8(7)3-4-11-12/h1-5H,6H2. The molecule has 13 heavy (non-hydrogen) atoms. The average Bonchev–Trinajstić information content (AvgIpc) is 2.63. The summed E-state index contributed by atoms with van der Waals surface area (Å²) in [5.74, 6) is 0.0751. The fourth-order valence-corrected chi connectivity index (χ4v) is 1.56. The first kappa shape index (κ1) is 8.44. The van der Waals surface area contributed by atoms with Crippen LogP contribution >= 0.6 is 15.9 Å². The number of rotatable bonds is 2. The van der Waals surface area contributed by atoms with Gasteiger partial charge in [0.15, 0.2) is 5.78 Å². The highest BCUT2D eigenvalue weighted by Gasteiger charge is 2.08. The van der Waals surface area contributed by atoms with Gasteiger partial charge in [-0.1, -0.05) is 15.9 Å². The third-order valence-corrected chi connectivity index (χ3v) is 2.37. The van der Waals surface area contributed by atoms with Gasteiger partial charge in [0.1, 0.15) is 0 Å². The van der Waals surface area contributed by atoms with E-state index in [0.29, 0.717) is 10.9 Å². The Bertz CT molecular complexity index is 450. The number of carbonyl (C=O) groups is 1. The predicted octanol–water partition coefficient (Wildman–Crippen LogP) is 1.91. The Kier molecular flexibility index (Phi) is 2.14. The average molecular weight is 239 g/mol. The van der Waals surface area contributed by atoms with Crippen molar-refractivity contribution in [2.45, 2.75) is 0 Å². The molecule has 0 aromatic carbocycles. The summed E-state index contributed by atoms with van der Waals surface area (Å²) >= 11 is 3.15. The highest BCUT2D eigenvalue weighted by Crippen LogP contribution is 2.11. The lowest BCUT2D eigenvalue weighted by molar-refractivity contribution is 0.102. The van der Waals surface area contributed by atoms with E-state index in [9.17, 15) is 4.79 Å². The van der Waals surface area contributed by atoms with Crippen LogP contribution in [0.3, 0.4) is 0 Å². The van der Waals surface area contributed by atoms with E-state index in [2.05, 4.69) is 21.0 Å². The summed E-state index contributed by atoms with van der Waals surface area (Å²) < 4.78 is 1.69. The smallest absolute Gasteiger partial charge is 0.175 e. The molecule has 0 saturated heterocycles. The molecule has 0 fully saturated rings. The van der Waals surface area contributed by atoms with Crippen LogP contribution in [0.2, 0.25) is 0 Å². The molecule has 0 amide bonds. The number of aromatic nitrogens is 2. The van der Waals surface area contributed by atoms with Crippen molar-refractivity contribution >= 4 is 27.2 Å². The maximum Gasteiger partial charge on any atom is 0.175 e. The summed E-state index contributed by atoms with van der Waals surface area (Å²) in [5, 5.41) is 4.39. The Balaban J connectivity index is 2.67. The van der Waals surface area contributed by atoms with Gasteiger partial charge >= 0.3 is 0 Å². The first-order chi connectivity index (χ1) is 6.33. The number of fused-ring (bicyclic) bond motifs is 1. The Morgan fingerprint density at radius 2 is 2.38 bits per heavy atom. The lowest BCUT2D eigenvalue weighted by Gasteiger charge is -1.99. The highest BCUT2D eigenvalue weighted by atomic mass is 79.9. The summed E-state index contributed by atoms with van der Waals surface area (Å²) in [5.41, 5.74) is 1.56. The van der Waals surface area contributed by atoms with E-state index in [1.54, 1.807) is 16.8 Å². The summed E-state index contributed by atoms with van der Waals surface area (Å²) in [6.45, 7) is 0. The Morgan fingerprint density at radius 1 is 1.54 bits per heavy atom. The molecule has 0 aliphatic heterocycles. The van der Waals surface area contributed by atoms with Crippen molar-refractivity contribution in [3.8, 4) is 0 Å². The molecule has 66 valence electrons. The van der Waals surface area contributed by atoms with Crippen molar-refractivity contribution in [1.82, 2.24) is 9.61 Å². The minimum atomic E-state index is 0.0751. The van der Waals surface area contributed by atoms with Gasteiger partial charge in [-0.15, -0.1) is 0 Å². The van der Waals surface area contributed by atoms with Gasteiger partial charge in [0, 0.05) is 11.8 Å². The number of ketones is 1. The molecular formula is C9H7BrN2O. The van der Waals surface area contributed by atoms with Gasteiger partial charge in [-0.2, -0.15) is 5.10 Å². The Hall–Kier alpha value is -1.16. The second-order valence-electron chi connectivity index (χ2n) is 2.64. The third kappa shape index (κ3) is 1.37. The fourth-order valence-electron chi connectivity index (χ4n) is 1.26. The topological polar surface area (TPSA) is 34.4 Å². The van der Waals surface area contributed by atoms with Gasteiger partial charge < -0.3 is 0 Å². The molecule has 2 aromatic heterocycles. The predicted molar refractivity (Wildman–Crippen MR) is 53.3 cm³/mol. The molecule has 0 aliphatic rings. The summed E-state index contributed by atoms with van der Waals surface area (Å²) in [4.78, 5) is 11.4. The Morgan fingerprint density at radius 3 is 3.15 bits per heavy atom. The van der Waals surface area contributed by atoms with E-state index in [-0.39, 0.29) is 5.78 Å². The van der Waals surface area contributed by atoms with E-state index in [1.807, 2.05) is 18.3 Å². The van der Waals surface area contributed by atoms with Crippen molar-refractivity contribution in [2.75, 3.05) is 5.33 Å². The molecule has 2 heterocycles. The van der Waals surface area contributed by atoms with Crippen molar-refractivity contribution in [1.29, 1.82) is 0 Å². The zero-order valence-electron chi connectivity index (χ0n) is 6.77. The maximum atomic E-state index is 11.4. The number of halogens is 1. The fraction of sp³-hybridized carbons (Fsp3) is 0.111. The molecule has 0 saturated carbocycles. The number of carbonyl (C=O) groups excluding carboxylic acids is 1. The molecule has 2 aromatic rings. The van der Waals surface area contributed by atoms with Gasteiger partial charge in [-0.05, 0) is 18.2 Å². The molecule has 3 nitrogen and oxygen atoms in total. The zero-order valence-corrected chi connectivity index (χ0v) is 8.36. The summed E-state index contributed by atoms with van der Waals surface area (Å²) in [7, 11) is 0. The number of Topliss-reactive ketones (excluding diaryl/α,β-unsaturated/α-hetero) is 1. The molecule has 0 bridgehead atoms. The molecule has 0 atom stereocenters. The van der Waals surface area contributed by atoms with Gasteiger partial charge in [0.25, 0.3) is 0 Å². The largest absolute Gasteiger partial charge is 0.293 e. The van der Waals surface area contributed by atoms with Crippen LogP contribution in [-0.4, -0.2) is 20.7 Å². The van der Waals surface area contributed by atoms with Crippen molar-refractivity contribution in [3.63, 3.8) is 0 Å². The van der Waals surface area contributed by atoms with E-state index < -0.39 is 0 Å². The second-order valence-corrected chi connectivity index (χ2v) is 3.20.